The van der Waals surface area contributed by atoms with Crippen LogP contribution in [-0.4, -0.2) is 46.4 Å². The van der Waals surface area contributed by atoms with Crippen molar-refractivity contribution < 1.29 is 23.9 Å². The maximum atomic E-state index is 14.3. The van der Waals surface area contributed by atoms with Crippen LogP contribution in [-0.2, 0) is 19.1 Å². The van der Waals surface area contributed by atoms with E-state index in [0.717, 1.165) is 28.7 Å². The van der Waals surface area contributed by atoms with Crippen LogP contribution in [0.3, 0.4) is 0 Å². The Hall–Kier alpha value is -3.88. The minimum Gasteiger partial charge on any atom is -0.444 e. The number of nitrogens with two attached hydrogens (primary N) is 1. The zero-order valence-corrected chi connectivity index (χ0v) is 24.6. The lowest BCUT2D eigenvalue weighted by Gasteiger charge is -2.44. The number of carbonyl (C=O) groups excluding carboxylic acids is 4. The second-order valence-electron chi connectivity index (χ2n) is 11.7. The van der Waals surface area contributed by atoms with E-state index >= 15 is 0 Å². The molecule has 9 nitrogen and oxygen atoms in total. The number of alkyl carbamates (subject to hydrolysis) is 1. The number of amides is 4. The summed E-state index contributed by atoms with van der Waals surface area (Å²) in [7, 11) is 0. The van der Waals surface area contributed by atoms with Crippen molar-refractivity contribution in [3.05, 3.63) is 64.2 Å². The minimum absolute atomic E-state index is 0.252. The van der Waals surface area contributed by atoms with Gasteiger partial charge in [-0.2, -0.15) is 0 Å². The Bertz CT molecular complexity index is 1260. The topological polar surface area (TPSA) is 131 Å². The van der Waals surface area contributed by atoms with Gasteiger partial charge in [0.25, 0.3) is 5.91 Å². The van der Waals surface area contributed by atoms with Crippen molar-refractivity contribution in [1.82, 2.24) is 10.2 Å². The lowest BCUT2D eigenvalue weighted by molar-refractivity contribution is -0.146. The SMILES string of the molecule is Cc1ccc(C(C(=O)Nc2c(C)cccc2C)N(C(=O)C(CC(N)=O)NC(=O)OC(C)(C)C)C2CCC2)c(C)c1. The predicted molar refractivity (Wildman–Crippen MR) is 155 cm³/mol. The van der Waals surface area contributed by atoms with Gasteiger partial charge in [0.05, 0.1) is 6.42 Å². The molecule has 4 amide bonds. The number of ether oxygens (including phenoxy) is 1. The molecule has 1 fully saturated rings. The van der Waals surface area contributed by atoms with Crippen molar-refractivity contribution in [2.45, 2.75) is 97.9 Å². The number of hydrogen-bond acceptors (Lipinski definition) is 5. The molecular formula is C31H42N4O5. The van der Waals surface area contributed by atoms with Gasteiger partial charge < -0.3 is 26.0 Å². The number of carbonyl (C=O) groups is 4. The fourth-order valence-corrected chi connectivity index (χ4v) is 4.97. The van der Waals surface area contributed by atoms with E-state index in [-0.39, 0.29) is 11.9 Å². The van der Waals surface area contributed by atoms with Crippen molar-refractivity contribution in [3.63, 3.8) is 0 Å². The summed E-state index contributed by atoms with van der Waals surface area (Å²) in [6.45, 7) is 12.8. The third kappa shape index (κ3) is 7.61. The highest BCUT2D eigenvalue weighted by Crippen LogP contribution is 2.36. The Labute approximate surface area is 236 Å². The van der Waals surface area contributed by atoms with Crippen molar-refractivity contribution in [3.8, 4) is 0 Å². The zero-order chi connectivity index (χ0) is 29.8. The molecule has 2 unspecified atom stereocenters. The summed E-state index contributed by atoms with van der Waals surface area (Å²) in [4.78, 5) is 54.7. The number of aryl methyl sites for hydroxylation is 4. The maximum absolute atomic E-state index is 14.3. The molecule has 0 spiro atoms. The van der Waals surface area contributed by atoms with Gasteiger partial charge in [-0.15, -0.1) is 0 Å². The van der Waals surface area contributed by atoms with Crippen molar-refractivity contribution in [2.24, 2.45) is 5.73 Å². The fourth-order valence-electron chi connectivity index (χ4n) is 4.97. The number of anilines is 1. The van der Waals surface area contributed by atoms with Gasteiger partial charge in [-0.05, 0) is 90.0 Å². The number of primary amides is 1. The molecule has 0 aliphatic heterocycles. The van der Waals surface area contributed by atoms with Gasteiger partial charge in [-0.3, -0.25) is 14.4 Å². The number of benzene rings is 2. The van der Waals surface area contributed by atoms with Crippen LogP contribution < -0.4 is 16.4 Å². The standard InChI is InChI=1S/C31H42N4O5/c1-18-14-15-23(21(4)16-18)27(28(37)34-26-19(2)10-8-11-20(26)3)35(22-12-9-13-22)29(38)24(17-25(32)36)33-30(39)40-31(5,6)7/h8,10-11,14-16,22,24,27H,9,12-13,17H2,1-7H3,(H2,32,36)(H,33,39)(H,34,37). The quantitative estimate of drug-likeness (QED) is 0.415. The molecule has 9 heteroatoms. The minimum atomic E-state index is -1.30. The molecule has 2 atom stereocenters. The molecule has 0 heterocycles. The molecule has 1 saturated carbocycles. The summed E-state index contributed by atoms with van der Waals surface area (Å²) >= 11 is 0. The first-order valence-corrected chi connectivity index (χ1v) is 13.7. The number of nitrogens with one attached hydrogen (secondary N) is 2. The molecule has 1 aliphatic rings. The van der Waals surface area contributed by atoms with Gasteiger partial charge in [-0.25, -0.2) is 4.79 Å². The van der Waals surface area contributed by atoms with Crippen molar-refractivity contribution in [2.75, 3.05) is 5.32 Å². The van der Waals surface area contributed by atoms with E-state index in [0.29, 0.717) is 24.1 Å². The van der Waals surface area contributed by atoms with Gasteiger partial charge in [0.1, 0.15) is 17.7 Å². The first-order chi connectivity index (χ1) is 18.7. The van der Waals surface area contributed by atoms with Gasteiger partial charge in [0.15, 0.2) is 0 Å². The summed E-state index contributed by atoms with van der Waals surface area (Å²) in [6.07, 6.45) is 1.01. The average molecular weight is 551 g/mol. The molecule has 0 aromatic heterocycles. The monoisotopic (exact) mass is 550 g/mol. The lowest BCUT2D eigenvalue weighted by atomic mass is 9.87. The van der Waals surface area contributed by atoms with E-state index in [2.05, 4.69) is 10.6 Å². The molecule has 0 bridgehead atoms. The van der Waals surface area contributed by atoms with Crippen LogP contribution in [0.4, 0.5) is 10.5 Å². The zero-order valence-electron chi connectivity index (χ0n) is 24.6. The van der Waals surface area contributed by atoms with Crippen LogP contribution in [0, 0.1) is 27.7 Å². The van der Waals surface area contributed by atoms with Gasteiger partial charge in [0, 0.05) is 11.7 Å². The van der Waals surface area contributed by atoms with E-state index in [1.54, 1.807) is 20.8 Å². The van der Waals surface area contributed by atoms with Crippen LogP contribution in [0.1, 0.15) is 80.3 Å². The van der Waals surface area contributed by atoms with E-state index < -0.39 is 42.0 Å². The van der Waals surface area contributed by atoms with E-state index in [1.807, 2.05) is 64.1 Å². The number of hydrogen-bond donors (Lipinski definition) is 3. The van der Waals surface area contributed by atoms with Gasteiger partial charge >= 0.3 is 6.09 Å². The van der Waals surface area contributed by atoms with Crippen LogP contribution >= 0.6 is 0 Å². The van der Waals surface area contributed by atoms with Crippen LogP contribution in [0.5, 0.6) is 0 Å². The van der Waals surface area contributed by atoms with Crippen LogP contribution in [0.15, 0.2) is 36.4 Å². The first kappa shape index (κ1) is 30.7. The van der Waals surface area contributed by atoms with Gasteiger partial charge in [0.2, 0.25) is 11.8 Å². The number of para-hydroxylation sites is 1. The first-order valence-electron chi connectivity index (χ1n) is 13.7. The molecule has 40 heavy (non-hydrogen) atoms. The number of nitrogens with zero attached hydrogens (tertiary/aromatic N) is 1. The maximum Gasteiger partial charge on any atom is 0.408 e. The Balaban J connectivity index is 2.10. The second kappa shape index (κ2) is 12.5. The third-order valence-electron chi connectivity index (χ3n) is 7.09. The van der Waals surface area contributed by atoms with Crippen molar-refractivity contribution >= 4 is 29.5 Å². The van der Waals surface area contributed by atoms with Crippen LogP contribution in [0.25, 0.3) is 0 Å². The smallest absolute Gasteiger partial charge is 0.408 e. The highest BCUT2D eigenvalue weighted by molar-refractivity contribution is 6.00. The molecule has 4 N–H and O–H groups in total. The van der Waals surface area contributed by atoms with E-state index in [4.69, 9.17) is 10.5 Å². The summed E-state index contributed by atoms with van der Waals surface area (Å²) in [5, 5.41) is 5.61. The average Bonchev–Trinajstić information content (AvgIpc) is 2.78. The number of rotatable bonds is 9. The Kier molecular flexibility index (Phi) is 9.60. The Morgan fingerprint density at radius 3 is 2.12 bits per heavy atom. The van der Waals surface area contributed by atoms with Gasteiger partial charge in [-0.1, -0.05) is 42.0 Å². The molecule has 0 saturated heterocycles. The van der Waals surface area contributed by atoms with E-state index in [1.165, 1.54) is 4.90 Å². The van der Waals surface area contributed by atoms with E-state index in [9.17, 15) is 19.2 Å². The Morgan fingerprint density at radius 2 is 1.62 bits per heavy atom. The summed E-state index contributed by atoms with van der Waals surface area (Å²) in [6, 6.07) is 8.93. The summed E-state index contributed by atoms with van der Waals surface area (Å²) < 4.78 is 5.36. The molecule has 3 rings (SSSR count). The molecular weight excluding hydrogens is 508 g/mol. The third-order valence-corrected chi connectivity index (χ3v) is 7.09. The molecule has 2 aromatic rings. The predicted octanol–water partition coefficient (Wildman–Crippen LogP) is 4.75. The van der Waals surface area contributed by atoms with Crippen molar-refractivity contribution in [1.29, 1.82) is 0 Å². The lowest BCUT2D eigenvalue weighted by Crippen LogP contribution is -2.57. The molecule has 0 radical (unpaired) electrons. The summed E-state index contributed by atoms with van der Waals surface area (Å²) in [5.41, 5.74) is 9.71. The highest BCUT2D eigenvalue weighted by atomic mass is 16.6. The molecule has 216 valence electrons. The van der Waals surface area contributed by atoms with Crippen LogP contribution in [0.2, 0.25) is 0 Å². The normalized spacial score (nSPS) is 14.9. The highest BCUT2D eigenvalue weighted by Gasteiger charge is 2.43. The molecule has 2 aromatic carbocycles. The Morgan fingerprint density at radius 1 is 1.00 bits per heavy atom. The summed E-state index contributed by atoms with van der Waals surface area (Å²) in [5.74, 6) is -1.69. The largest absolute Gasteiger partial charge is 0.444 e. The second-order valence-corrected chi connectivity index (χ2v) is 11.7. The molecule has 1 aliphatic carbocycles. The fraction of sp³-hybridized carbons (Fsp3) is 0.484.